The van der Waals surface area contributed by atoms with Crippen molar-refractivity contribution in [3.63, 3.8) is 0 Å². The molecule has 306 valence electrons. The van der Waals surface area contributed by atoms with E-state index in [0.717, 1.165) is 102 Å². The van der Waals surface area contributed by atoms with Crippen LogP contribution >= 0.6 is 0 Å². The SMILES string of the molecule is CC(C)C[C@H](C(=O)O)N(C)C(=O)[C@H](NC(=O)[C@H](NC(=O)[C@H](NC(=O)[C@@H](C1CCCCC1)N(C)C)C1CCc2ccccc21)C1CCCCC1)C1CCCCC1. The Morgan fingerprint density at radius 3 is 1.69 bits per heavy atom. The lowest BCUT2D eigenvalue weighted by Crippen LogP contribution is -2.62. The van der Waals surface area contributed by atoms with Crippen LogP contribution in [0, 0.1) is 23.7 Å². The molecule has 6 atom stereocenters. The van der Waals surface area contributed by atoms with Gasteiger partial charge in [0, 0.05) is 13.0 Å². The van der Waals surface area contributed by atoms with Gasteiger partial charge < -0.3 is 26.0 Å². The summed E-state index contributed by atoms with van der Waals surface area (Å²) in [4.78, 5) is 73.8. The third-order valence-corrected chi connectivity index (χ3v) is 13.3. The van der Waals surface area contributed by atoms with Crippen molar-refractivity contribution in [1.82, 2.24) is 25.8 Å². The highest BCUT2D eigenvalue weighted by Crippen LogP contribution is 2.37. The highest BCUT2D eigenvalue weighted by Gasteiger charge is 2.43. The first-order valence-electron chi connectivity index (χ1n) is 21.5. The van der Waals surface area contributed by atoms with Gasteiger partial charge in [0.2, 0.25) is 23.6 Å². The predicted octanol–water partition coefficient (Wildman–Crippen LogP) is 5.80. The summed E-state index contributed by atoms with van der Waals surface area (Å²) in [5.41, 5.74) is 2.23. The first-order chi connectivity index (χ1) is 26.4. The van der Waals surface area contributed by atoms with E-state index in [1.165, 1.54) is 23.9 Å². The van der Waals surface area contributed by atoms with E-state index in [-0.39, 0.29) is 47.4 Å². The maximum Gasteiger partial charge on any atom is 0.326 e. The van der Waals surface area contributed by atoms with E-state index < -0.39 is 42.0 Å². The number of benzene rings is 1. The Bertz CT molecular complexity index is 1460. The van der Waals surface area contributed by atoms with Crippen LogP contribution in [0.15, 0.2) is 24.3 Å². The van der Waals surface area contributed by atoms with Gasteiger partial charge >= 0.3 is 5.97 Å². The molecule has 0 saturated heterocycles. The molecule has 11 heteroatoms. The minimum atomic E-state index is -1.06. The van der Waals surface area contributed by atoms with Gasteiger partial charge in [-0.1, -0.05) is 95.9 Å². The zero-order chi connectivity index (χ0) is 39.6. The van der Waals surface area contributed by atoms with Crippen LogP contribution in [0.3, 0.4) is 0 Å². The topological polar surface area (TPSA) is 148 Å². The average Bonchev–Trinajstić information content (AvgIpc) is 3.61. The van der Waals surface area contributed by atoms with Crippen molar-refractivity contribution in [2.24, 2.45) is 23.7 Å². The van der Waals surface area contributed by atoms with E-state index in [2.05, 4.69) is 28.1 Å². The number of likely N-dealkylation sites (N-methyl/N-ethyl adjacent to an activating group) is 2. The molecule has 55 heavy (non-hydrogen) atoms. The highest BCUT2D eigenvalue weighted by molar-refractivity contribution is 5.96. The van der Waals surface area contributed by atoms with Crippen molar-refractivity contribution >= 4 is 29.6 Å². The molecule has 0 spiro atoms. The molecule has 0 aromatic heterocycles. The van der Waals surface area contributed by atoms with Crippen LogP contribution < -0.4 is 16.0 Å². The van der Waals surface area contributed by atoms with Crippen LogP contribution in [0.5, 0.6) is 0 Å². The molecule has 4 aliphatic carbocycles. The molecular weight excluding hydrogens is 695 g/mol. The normalized spacial score (nSPS) is 22.6. The third kappa shape index (κ3) is 10.9. The molecule has 0 heterocycles. The first kappa shape index (κ1) is 42.7. The minimum absolute atomic E-state index is 0.0564. The third-order valence-electron chi connectivity index (χ3n) is 13.3. The maximum absolute atomic E-state index is 14.8. The van der Waals surface area contributed by atoms with E-state index in [9.17, 15) is 29.1 Å². The second kappa shape index (κ2) is 20.1. The Kier molecular flexibility index (Phi) is 15.6. The molecule has 4 N–H and O–H groups in total. The first-order valence-corrected chi connectivity index (χ1v) is 21.5. The zero-order valence-corrected chi connectivity index (χ0v) is 34.2. The number of hydrogen-bond donors (Lipinski definition) is 4. The molecule has 11 nitrogen and oxygen atoms in total. The second-order valence-electron chi connectivity index (χ2n) is 17.8. The standard InChI is InChI=1S/C44H69N5O6/c1-28(2)27-35(44(54)55)49(5)43(53)37(31-20-11-7-12-21-31)46-40(50)36(30-18-9-6-10-19-30)45-41(51)38(34-26-25-29-17-15-16-24-33(29)34)47-42(52)39(48(3)4)32-22-13-8-14-23-32/h15-17,24,28,30-32,34-39H,6-14,18-23,25-27H2,1-5H3,(H,45,51)(H,46,50)(H,47,52)(H,54,55)/t34?,35-,36-,37-,38-,39-/m1/s1. The summed E-state index contributed by atoms with van der Waals surface area (Å²) in [5, 5.41) is 19.7. The lowest BCUT2D eigenvalue weighted by atomic mass is 9.81. The molecule has 0 radical (unpaired) electrons. The number of carbonyl (C=O) groups is 5. The average molecular weight is 764 g/mol. The molecular formula is C44H69N5O6. The van der Waals surface area contributed by atoms with Crippen LogP contribution in [0.4, 0.5) is 0 Å². The highest BCUT2D eigenvalue weighted by atomic mass is 16.4. The van der Waals surface area contributed by atoms with Gasteiger partial charge in [-0.05, 0) is 107 Å². The van der Waals surface area contributed by atoms with Crippen molar-refractivity contribution in [1.29, 1.82) is 0 Å². The quantitative estimate of drug-likeness (QED) is 0.167. The number of carboxylic acid groups (broad SMARTS) is 1. The van der Waals surface area contributed by atoms with E-state index >= 15 is 0 Å². The van der Waals surface area contributed by atoms with Crippen molar-refractivity contribution in [2.45, 2.75) is 166 Å². The van der Waals surface area contributed by atoms with Crippen LogP contribution in [0.2, 0.25) is 0 Å². The number of carboxylic acids is 1. The number of amides is 4. The van der Waals surface area contributed by atoms with Crippen LogP contribution in [-0.2, 0) is 30.4 Å². The molecule has 1 unspecified atom stereocenters. The summed E-state index contributed by atoms with van der Waals surface area (Å²) in [6.45, 7) is 3.87. The Labute approximate surface area is 329 Å². The Balaban J connectivity index is 1.44. The zero-order valence-electron chi connectivity index (χ0n) is 34.2. The Morgan fingerprint density at radius 2 is 1.15 bits per heavy atom. The van der Waals surface area contributed by atoms with Gasteiger partial charge in [-0.3, -0.25) is 24.1 Å². The van der Waals surface area contributed by atoms with E-state index in [1.807, 2.05) is 45.0 Å². The maximum atomic E-state index is 14.8. The largest absolute Gasteiger partial charge is 0.480 e. The Hall–Kier alpha value is -3.47. The lowest BCUT2D eigenvalue weighted by molar-refractivity contribution is -0.152. The number of nitrogens with one attached hydrogen (secondary N) is 3. The monoisotopic (exact) mass is 764 g/mol. The number of aliphatic carboxylic acids is 1. The van der Waals surface area contributed by atoms with Gasteiger partial charge in [-0.25, -0.2) is 4.79 Å². The molecule has 3 fully saturated rings. The number of nitrogens with zero attached hydrogens (tertiary/aromatic N) is 2. The van der Waals surface area contributed by atoms with Gasteiger partial charge in [0.15, 0.2) is 0 Å². The molecule has 0 bridgehead atoms. The van der Waals surface area contributed by atoms with Crippen molar-refractivity contribution in [3.8, 4) is 0 Å². The van der Waals surface area contributed by atoms with Crippen LogP contribution in [-0.4, -0.2) is 95.9 Å². The summed E-state index contributed by atoms with van der Waals surface area (Å²) < 4.78 is 0. The molecule has 4 aliphatic rings. The van der Waals surface area contributed by atoms with E-state index in [1.54, 1.807) is 0 Å². The smallest absolute Gasteiger partial charge is 0.326 e. The fraction of sp³-hybridized carbons (Fsp3) is 0.750. The summed E-state index contributed by atoms with van der Waals surface area (Å²) in [5.74, 6) is -2.63. The van der Waals surface area contributed by atoms with Crippen molar-refractivity contribution in [3.05, 3.63) is 35.4 Å². The Morgan fingerprint density at radius 1 is 0.655 bits per heavy atom. The number of rotatable bonds is 16. The summed E-state index contributed by atoms with van der Waals surface area (Å²) >= 11 is 0. The van der Waals surface area contributed by atoms with Crippen molar-refractivity contribution in [2.75, 3.05) is 21.1 Å². The van der Waals surface area contributed by atoms with Crippen LogP contribution in [0.25, 0.3) is 0 Å². The van der Waals surface area contributed by atoms with Gasteiger partial charge in [0.05, 0.1) is 6.04 Å². The van der Waals surface area contributed by atoms with Gasteiger partial charge in [0.25, 0.3) is 0 Å². The minimum Gasteiger partial charge on any atom is -0.480 e. The number of fused-ring (bicyclic) bond motifs is 1. The number of aryl methyl sites for hydroxylation is 1. The molecule has 1 aromatic carbocycles. The number of hydrogen-bond acceptors (Lipinski definition) is 6. The summed E-state index contributed by atoms with van der Waals surface area (Å²) in [6.07, 6.45) is 16.0. The lowest BCUT2D eigenvalue weighted by Gasteiger charge is -2.38. The fourth-order valence-electron chi connectivity index (χ4n) is 10.3. The summed E-state index contributed by atoms with van der Waals surface area (Å²) in [7, 11) is 5.41. The van der Waals surface area contributed by atoms with E-state index in [0.29, 0.717) is 12.8 Å². The predicted molar refractivity (Wildman–Crippen MR) is 214 cm³/mol. The fourth-order valence-corrected chi connectivity index (χ4v) is 10.3. The van der Waals surface area contributed by atoms with Crippen LogP contribution in [0.1, 0.15) is 140 Å². The molecule has 0 aliphatic heterocycles. The molecule has 5 rings (SSSR count). The van der Waals surface area contributed by atoms with Gasteiger partial charge in [-0.2, -0.15) is 0 Å². The number of carbonyl (C=O) groups excluding carboxylic acids is 4. The molecule has 1 aromatic rings. The van der Waals surface area contributed by atoms with Gasteiger partial charge in [0.1, 0.15) is 24.2 Å². The van der Waals surface area contributed by atoms with Crippen molar-refractivity contribution < 1.29 is 29.1 Å². The van der Waals surface area contributed by atoms with Gasteiger partial charge in [-0.15, -0.1) is 0 Å². The van der Waals surface area contributed by atoms with E-state index in [4.69, 9.17) is 0 Å². The second-order valence-corrected chi connectivity index (χ2v) is 17.8. The summed E-state index contributed by atoms with van der Waals surface area (Å²) in [6, 6.07) is 4.07. The molecule has 3 saturated carbocycles. The molecule has 4 amide bonds.